The van der Waals surface area contributed by atoms with Crippen LogP contribution in [0.1, 0.15) is 71.7 Å². The Morgan fingerprint density at radius 3 is 2.51 bits per heavy atom. The number of hydrogen-bond acceptors (Lipinski definition) is 7. The van der Waals surface area contributed by atoms with E-state index in [-0.39, 0.29) is 12.1 Å². The number of nitrogens with zero attached hydrogens (tertiary/aromatic N) is 3. The van der Waals surface area contributed by atoms with Gasteiger partial charge in [0.2, 0.25) is 0 Å². The molecule has 7 heteroatoms. The van der Waals surface area contributed by atoms with E-state index in [2.05, 4.69) is 46.2 Å². The van der Waals surface area contributed by atoms with Gasteiger partial charge in [0, 0.05) is 35.3 Å². The maximum atomic E-state index is 11.8. The van der Waals surface area contributed by atoms with Crippen molar-refractivity contribution >= 4 is 11.8 Å². The van der Waals surface area contributed by atoms with Gasteiger partial charge in [0.15, 0.2) is 0 Å². The predicted molar refractivity (Wildman–Crippen MR) is 131 cm³/mol. The van der Waals surface area contributed by atoms with Crippen molar-refractivity contribution in [1.29, 1.82) is 0 Å². The molecule has 182 valence electrons. The van der Waals surface area contributed by atoms with Crippen LogP contribution >= 0.6 is 0 Å². The van der Waals surface area contributed by atoms with Crippen molar-refractivity contribution in [2.24, 2.45) is 0 Å². The number of anilines is 1. The highest BCUT2D eigenvalue weighted by atomic mass is 16.5. The maximum absolute atomic E-state index is 11.8. The van der Waals surface area contributed by atoms with E-state index < -0.39 is 0 Å². The number of methoxy groups -OCH3 is 1. The fraction of sp³-hybridized carbons (Fsp3) is 0.464. The molecule has 35 heavy (non-hydrogen) atoms. The number of pyridine rings is 1. The van der Waals surface area contributed by atoms with E-state index in [4.69, 9.17) is 14.0 Å². The number of fused-ring (bicyclic) bond motifs is 2. The third kappa shape index (κ3) is 4.22. The van der Waals surface area contributed by atoms with Gasteiger partial charge in [-0.2, -0.15) is 0 Å². The molecule has 1 aliphatic carbocycles. The van der Waals surface area contributed by atoms with Gasteiger partial charge >= 0.3 is 5.97 Å². The summed E-state index contributed by atoms with van der Waals surface area (Å²) in [6.07, 6.45) is 8.37. The lowest BCUT2D eigenvalue weighted by atomic mass is 9.98. The van der Waals surface area contributed by atoms with Gasteiger partial charge in [-0.1, -0.05) is 29.4 Å². The number of piperidine rings is 1. The summed E-state index contributed by atoms with van der Waals surface area (Å²) in [6, 6.07) is 12.9. The lowest BCUT2D eigenvalue weighted by molar-refractivity contribution is 0.0146. The molecular weight excluding hydrogens is 442 g/mol. The number of hydrogen-bond donors (Lipinski definition) is 0. The fourth-order valence-electron chi connectivity index (χ4n) is 5.79. The molecule has 4 heterocycles. The van der Waals surface area contributed by atoms with Crippen molar-refractivity contribution in [3.8, 4) is 11.3 Å². The van der Waals surface area contributed by atoms with Crippen LogP contribution in [0.2, 0.25) is 0 Å². The molecule has 0 amide bonds. The number of carbonyl (C=O) groups is 1. The molecule has 1 aromatic carbocycles. The minimum absolute atomic E-state index is 0.199. The second kappa shape index (κ2) is 9.11. The Morgan fingerprint density at radius 2 is 1.86 bits per heavy atom. The summed E-state index contributed by atoms with van der Waals surface area (Å²) < 4.78 is 17.2. The minimum atomic E-state index is -0.358. The van der Waals surface area contributed by atoms with Crippen LogP contribution in [-0.4, -0.2) is 41.4 Å². The third-order valence-corrected chi connectivity index (χ3v) is 7.75. The highest BCUT2D eigenvalue weighted by Gasteiger charge is 2.42. The van der Waals surface area contributed by atoms with Crippen LogP contribution in [0.4, 0.5) is 5.82 Å². The molecule has 3 aliphatic rings. The number of esters is 1. The van der Waals surface area contributed by atoms with E-state index in [1.807, 2.05) is 6.07 Å². The molecule has 2 aromatic heterocycles. The van der Waals surface area contributed by atoms with Crippen molar-refractivity contribution in [2.45, 2.75) is 76.2 Å². The minimum Gasteiger partial charge on any atom is -0.465 e. The summed E-state index contributed by atoms with van der Waals surface area (Å²) >= 11 is 0. The van der Waals surface area contributed by atoms with Crippen LogP contribution in [0.3, 0.4) is 0 Å². The van der Waals surface area contributed by atoms with Gasteiger partial charge in [0.05, 0.1) is 25.4 Å². The first kappa shape index (κ1) is 22.3. The Bertz CT molecular complexity index is 1200. The van der Waals surface area contributed by atoms with Crippen LogP contribution in [0.25, 0.3) is 11.3 Å². The van der Waals surface area contributed by atoms with Crippen LogP contribution in [-0.2, 0) is 16.1 Å². The zero-order chi connectivity index (χ0) is 23.9. The molecule has 1 saturated carbocycles. The monoisotopic (exact) mass is 473 g/mol. The van der Waals surface area contributed by atoms with Gasteiger partial charge in [0.1, 0.15) is 17.3 Å². The van der Waals surface area contributed by atoms with Gasteiger partial charge in [-0.3, -0.25) is 0 Å². The van der Waals surface area contributed by atoms with Crippen LogP contribution in [0, 0.1) is 6.92 Å². The van der Waals surface area contributed by atoms with Gasteiger partial charge < -0.3 is 18.9 Å². The highest BCUT2D eigenvalue weighted by molar-refractivity contribution is 5.89. The Morgan fingerprint density at radius 1 is 1.09 bits per heavy atom. The first-order valence-electron chi connectivity index (χ1n) is 12.6. The average Bonchev–Trinajstić information content (AvgIpc) is 3.59. The molecule has 2 bridgehead atoms. The Labute approximate surface area is 205 Å². The van der Waals surface area contributed by atoms with Crippen molar-refractivity contribution in [3.63, 3.8) is 0 Å². The molecule has 3 atom stereocenters. The second-order valence-electron chi connectivity index (χ2n) is 10.1. The molecule has 3 aromatic rings. The summed E-state index contributed by atoms with van der Waals surface area (Å²) in [5.41, 5.74) is 4.85. The van der Waals surface area contributed by atoms with Crippen LogP contribution in [0.15, 0.2) is 47.1 Å². The zero-order valence-corrected chi connectivity index (χ0v) is 20.3. The van der Waals surface area contributed by atoms with Crippen molar-refractivity contribution in [3.05, 3.63) is 65.0 Å². The van der Waals surface area contributed by atoms with Crippen LogP contribution in [0.5, 0.6) is 0 Å². The first-order chi connectivity index (χ1) is 17.1. The maximum Gasteiger partial charge on any atom is 0.339 e. The number of aryl methyl sites for hydroxylation is 1. The zero-order valence-electron chi connectivity index (χ0n) is 20.3. The summed E-state index contributed by atoms with van der Waals surface area (Å²) in [7, 11) is 1.39. The number of aromatic nitrogens is 2. The van der Waals surface area contributed by atoms with Crippen LogP contribution < -0.4 is 4.90 Å². The second-order valence-corrected chi connectivity index (χ2v) is 10.1. The topological polar surface area (TPSA) is 77.7 Å². The average molecular weight is 474 g/mol. The molecule has 2 saturated heterocycles. The quantitative estimate of drug-likeness (QED) is 0.424. The fourth-order valence-corrected chi connectivity index (χ4v) is 5.79. The standard InChI is InChI=1S/C28H31N3O4/c1-17-5-3-4-6-23(17)26-24(27(35-30-26)18-7-8-18)16-34-22-13-20-10-11-21(14-22)31(20)25-12-9-19(15-29-25)28(32)33-2/h3-6,9,12,15,18,20-22H,7-8,10-11,13-14,16H2,1-2H3/t20-,21?,22-/m0/s1. The lowest BCUT2D eigenvalue weighted by Crippen LogP contribution is -2.46. The number of benzene rings is 1. The van der Waals surface area contributed by atoms with E-state index in [0.717, 1.165) is 54.1 Å². The SMILES string of the molecule is COC(=O)c1ccc(N2C3CC[C@H]2C[C@H](OCc2c(-c4ccccc4C)noc2C2CC2)C3)nc1. The van der Waals surface area contributed by atoms with Gasteiger partial charge in [-0.25, -0.2) is 9.78 Å². The molecule has 1 unspecified atom stereocenters. The summed E-state index contributed by atoms with van der Waals surface area (Å²) in [5.74, 6) is 2.07. The molecule has 0 spiro atoms. The van der Waals surface area contributed by atoms with E-state index in [0.29, 0.717) is 30.2 Å². The van der Waals surface area contributed by atoms with Crippen molar-refractivity contribution in [2.75, 3.05) is 12.0 Å². The largest absolute Gasteiger partial charge is 0.465 e. The van der Waals surface area contributed by atoms with Gasteiger partial charge in [-0.15, -0.1) is 0 Å². The van der Waals surface area contributed by atoms with Crippen molar-refractivity contribution < 1.29 is 18.8 Å². The Hall–Kier alpha value is -3.19. The number of ether oxygens (including phenoxy) is 2. The molecular formula is C28H31N3O4. The van der Waals surface area contributed by atoms with E-state index in [1.54, 1.807) is 12.3 Å². The molecule has 0 radical (unpaired) electrons. The summed E-state index contributed by atoms with van der Waals surface area (Å²) in [4.78, 5) is 18.8. The number of rotatable bonds is 7. The third-order valence-electron chi connectivity index (χ3n) is 7.75. The molecule has 0 N–H and O–H groups in total. The number of carbonyl (C=O) groups excluding carboxylic acids is 1. The van der Waals surface area contributed by atoms with E-state index in [9.17, 15) is 4.79 Å². The lowest BCUT2D eigenvalue weighted by Gasteiger charge is -2.39. The Balaban J connectivity index is 1.16. The summed E-state index contributed by atoms with van der Waals surface area (Å²) in [6.45, 7) is 2.65. The van der Waals surface area contributed by atoms with Gasteiger partial charge in [0.25, 0.3) is 0 Å². The van der Waals surface area contributed by atoms with Gasteiger partial charge in [-0.05, 0) is 63.1 Å². The normalized spacial score (nSPS) is 23.5. The van der Waals surface area contributed by atoms with Crippen molar-refractivity contribution in [1.82, 2.24) is 10.1 Å². The predicted octanol–water partition coefficient (Wildman–Crippen LogP) is 5.43. The molecule has 2 aliphatic heterocycles. The smallest absolute Gasteiger partial charge is 0.339 e. The van der Waals surface area contributed by atoms with E-state index in [1.165, 1.54) is 25.5 Å². The highest BCUT2D eigenvalue weighted by Crippen LogP contribution is 2.45. The van der Waals surface area contributed by atoms with E-state index >= 15 is 0 Å². The summed E-state index contributed by atoms with van der Waals surface area (Å²) in [5, 5.41) is 4.49. The Kier molecular flexibility index (Phi) is 5.80. The molecule has 6 rings (SSSR count). The molecule has 3 fully saturated rings. The first-order valence-corrected chi connectivity index (χ1v) is 12.6. The molecule has 7 nitrogen and oxygen atoms in total.